The number of rotatable bonds is 1. The minimum atomic E-state index is -4.35. The van der Waals surface area contributed by atoms with E-state index >= 15 is 0 Å². The van der Waals surface area contributed by atoms with Crippen molar-refractivity contribution >= 4 is 5.96 Å². The molecule has 23 heavy (non-hydrogen) atoms. The summed E-state index contributed by atoms with van der Waals surface area (Å²) in [5.74, 6) is 5.91. The van der Waals surface area contributed by atoms with E-state index in [9.17, 15) is 13.2 Å². The molecule has 1 aliphatic rings. The molecule has 2 rings (SSSR count). The molecule has 1 fully saturated rings. The molecule has 1 aromatic rings. The summed E-state index contributed by atoms with van der Waals surface area (Å²) in [5, 5.41) is 0. The van der Waals surface area contributed by atoms with Gasteiger partial charge in [-0.05, 0) is 31.0 Å². The first-order valence-electron chi connectivity index (χ1n) is 7.68. The van der Waals surface area contributed by atoms with Crippen molar-refractivity contribution in [2.45, 2.75) is 31.9 Å². The van der Waals surface area contributed by atoms with Crippen molar-refractivity contribution in [3.63, 3.8) is 0 Å². The number of guanidine groups is 1. The molecule has 0 atom stereocenters. The van der Waals surface area contributed by atoms with E-state index in [1.54, 1.807) is 6.07 Å². The van der Waals surface area contributed by atoms with Crippen LogP contribution >= 0.6 is 0 Å². The number of benzene rings is 1. The first-order valence-corrected chi connectivity index (χ1v) is 7.68. The minimum Gasteiger partial charge on any atom is -0.370 e. The maximum atomic E-state index is 12.6. The van der Waals surface area contributed by atoms with Crippen molar-refractivity contribution in [1.82, 2.24) is 4.90 Å². The molecule has 1 heterocycles. The van der Waals surface area contributed by atoms with Gasteiger partial charge in [0.25, 0.3) is 0 Å². The van der Waals surface area contributed by atoms with Crippen LogP contribution in [0, 0.1) is 11.8 Å². The van der Waals surface area contributed by atoms with Crippen LogP contribution in [0.15, 0.2) is 29.3 Å². The third-order valence-electron chi connectivity index (χ3n) is 3.67. The highest BCUT2D eigenvalue weighted by Gasteiger charge is 2.30. The van der Waals surface area contributed by atoms with Crippen molar-refractivity contribution in [2.75, 3.05) is 19.6 Å². The maximum absolute atomic E-state index is 12.6. The molecule has 1 aliphatic heterocycles. The molecule has 1 saturated heterocycles. The Morgan fingerprint density at radius 1 is 1.17 bits per heavy atom. The lowest BCUT2D eigenvalue weighted by molar-refractivity contribution is -0.137. The lowest BCUT2D eigenvalue weighted by Gasteiger charge is -2.20. The van der Waals surface area contributed by atoms with Gasteiger partial charge in [-0.15, -0.1) is 0 Å². The number of likely N-dealkylation sites (tertiary alicyclic amines) is 1. The molecule has 0 bridgehead atoms. The van der Waals surface area contributed by atoms with E-state index in [1.807, 2.05) is 4.90 Å². The molecule has 0 radical (unpaired) electrons. The van der Waals surface area contributed by atoms with Crippen LogP contribution in [0.25, 0.3) is 0 Å². The van der Waals surface area contributed by atoms with Gasteiger partial charge >= 0.3 is 6.18 Å². The van der Waals surface area contributed by atoms with Gasteiger partial charge in [0.1, 0.15) is 6.54 Å². The number of hydrogen-bond acceptors (Lipinski definition) is 1. The van der Waals surface area contributed by atoms with Crippen LogP contribution in [0.2, 0.25) is 0 Å². The summed E-state index contributed by atoms with van der Waals surface area (Å²) in [6.45, 7) is 1.98. The van der Waals surface area contributed by atoms with Gasteiger partial charge in [-0.25, -0.2) is 4.99 Å². The van der Waals surface area contributed by atoms with E-state index in [-0.39, 0.29) is 6.54 Å². The lowest BCUT2D eigenvalue weighted by Crippen LogP contribution is -2.38. The average Bonchev–Trinajstić information content (AvgIpc) is 2.80. The van der Waals surface area contributed by atoms with Crippen molar-refractivity contribution in [2.24, 2.45) is 10.7 Å². The summed E-state index contributed by atoms with van der Waals surface area (Å²) in [5.41, 5.74) is 5.56. The Hall–Kier alpha value is -2.16. The summed E-state index contributed by atoms with van der Waals surface area (Å²) in [4.78, 5) is 6.24. The van der Waals surface area contributed by atoms with E-state index in [1.165, 1.54) is 18.9 Å². The monoisotopic (exact) mass is 323 g/mol. The van der Waals surface area contributed by atoms with E-state index in [0.717, 1.165) is 38.1 Å². The molecule has 0 aromatic heterocycles. The van der Waals surface area contributed by atoms with Crippen LogP contribution in [-0.4, -0.2) is 30.5 Å². The van der Waals surface area contributed by atoms with Crippen LogP contribution in [0.1, 0.15) is 36.8 Å². The van der Waals surface area contributed by atoms with E-state index in [2.05, 4.69) is 16.8 Å². The Bertz CT molecular complexity index is 603. The zero-order valence-corrected chi connectivity index (χ0v) is 12.9. The minimum absolute atomic E-state index is 0.179. The largest absolute Gasteiger partial charge is 0.416 e. The van der Waals surface area contributed by atoms with Gasteiger partial charge in [0, 0.05) is 18.7 Å². The van der Waals surface area contributed by atoms with Crippen LogP contribution < -0.4 is 5.73 Å². The topological polar surface area (TPSA) is 41.6 Å². The molecule has 1 aromatic carbocycles. The third-order valence-corrected chi connectivity index (χ3v) is 3.67. The van der Waals surface area contributed by atoms with Crippen LogP contribution in [0.3, 0.4) is 0 Å². The van der Waals surface area contributed by atoms with Gasteiger partial charge in [0.15, 0.2) is 5.96 Å². The van der Waals surface area contributed by atoms with Crippen LogP contribution in [0.5, 0.6) is 0 Å². The van der Waals surface area contributed by atoms with Crippen LogP contribution in [0.4, 0.5) is 13.2 Å². The SMILES string of the molecule is NC(=NCC#Cc1cccc(C(F)(F)F)c1)N1CCCCCC1. The standard InChI is InChI=1S/C17H20F3N3/c18-17(19,20)15-9-5-7-14(13-15)8-6-10-22-16(21)23-11-3-1-2-4-12-23/h5,7,9,13H,1-4,10-12H2,(H2,21,22). The molecule has 0 aliphatic carbocycles. The molecule has 3 nitrogen and oxygen atoms in total. The Kier molecular flexibility index (Phi) is 5.91. The summed E-state index contributed by atoms with van der Waals surface area (Å²) in [6, 6.07) is 4.96. The Morgan fingerprint density at radius 3 is 2.52 bits per heavy atom. The van der Waals surface area contributed by atoms with Gasteiger partial charge in [-0.1, -0.05) is 30.7 Å². The number of aliphatic imine (C=N–C) groups is 1. The Labute approximate surface area is 134 Å². The number of hydrogen-bond donors (Lipinski definition) is 1. The fourth-order valence-electron chi connectivity index (χ4n) is 2.44. The van der Waals surface area contributed by atoms with Crippen molar-refractivity contribution in [1.29, 1.82) is 0 Å². The van der Waals surface area contributed by atoms with Crippen molar-refractivity contribution in [3.8, 4) is 11.8 Å². The highest BCUT2D eigenvalue weighted by atomic mass is 19.4. The first kappa shape index (κ1) is 17.2. The molecule has 6 heteroatoms. The van der Waals surface area contributed by atoms with Crippen LogP contribution in [-0.2, 0) is 6.18 Å². The summed E-state index contributed by atoms with van der Waals surface area (Å²) in [6.07, 6.45) is 0.267. The van der Waals surface area contributed by atoms with Crippen molar-refractivity contribution in [3.05, 3.63) is 35.4 Å². The number of nitrogens with zero attached hydrogens (tertiary/aromatic N) is 2. The molecule has 0 unspecified atom stereocenters. The zero-order valence-electron chi connectivity index (χ0n) is 12.9. The lowest BCUT2D eigenvalue weighted by atomic mass is 10.1. The fraction of sp³-hybridized carbons (Fsp3) is 0.471. The molecule has 0 spiro atoms. The molecular weight excluding hydrogens is 303 g/mol. The van der Waals surface area contributed by atoms with E-state index in [4.69, 9.17) is 5.73 Å². The smallest absolute Gasteiger partial charge is 0.370 e. The molecule has 2 N–H and O–H groups in total. The Morgan fingerprint density at radius 2 is 1.87 bits per heavy atom. The molecule has 0 amide bonds. The predicted octanol–water partition coefficient (Wildman–Crippen LogP) is 3.25. The highest BCUT2D eigenvalue weighted by Crippen LogP contribution is 2.29. The quantitative estimate of drug-likeness (QED) is 0.490. The highest BCUT2D eigenvalue weighted by molar-refractivity contribution is 5.78. The molecular formula is C17H20F3N3. The van der Waals surface area contributed by atoms with Gasteiger partial charge in [-0.3, -0.25) is 0 Å². The second-order valence-electron chi connectivity index (χ2n) is 5.46. The van der Waals surface area contributed by atoms with Gasteiger partial charge in [0.05, 0.1) is 5.56 Å². The van der Waals surface area contributed by atoms with Gasteiger partial charge < -0.3 is 10.6 Å². The van der Waals surface area contributed by atoms with E-state index < -0.39 is 11.7 Å². The fourth-order valence-corrected chi connectivity index (χ4v) is 2.44. The first-order chi connectivity index (χ1) is 11.0. The maximum Gasteiger partial charge on any atom is 0.416 e. The number of halogens is 3. The second kappa shape index (κ2) is 7.91. The normalized spacial score (nSPS) is 16.5. The second-order valence-corrected chi connectivity index (χ2v) is 5.46. The predicted molar refractivity (Wildman–Crippen MR) is 84.9 cm³/mol. The summed E-state index contributed by atoms with van der Waals surface area (Å²) < 4.78 is 37.8. The molecule has 124 valence electrons. The summed E-state index contributed by atoms with van der Waals surface area (Å²) in [7, 11) is 0. The third kappa shape index (κ3) is 5.51. The molecule has 0 saturated carbocycles. The Balaban J connectivity index is 1.96. The van der Waals surface area contributed by atoms with Gasteiger partial charge in [-0.2, -0.15) is 13.2 Å². The zero-order chi connectivity index (χ0) is 16.7. The number of alkyl halides is 3. The van der Waals surface area contributed by atoms with E-state index in [0.29, 0.717) is 11.5 Å². The van der Waals surface area contributed by atoms with Crippen molar-refractivity contribution < 1.29 is 13.2 Å². The average molecular weight is 323 g/mol. The summed E-state index contributed by atoms with van der Waals surface area (Å²) >= 11 is 0. The van der Waals surface area contributed by atoms with Gasteiger partial charge in [0.2, 0.25) is 0 Å². The number of nitrogens with two attached hydrogens (primary N) is 1.